The number of rotatable bonds is 5. The van der Waals surface area contributed by atoms with Gasteiger partial charge in [0.15, 0.2) is 5.58 Å². The molecule has 0 aliphatic heterocycles. The Morgan fingerprint density at radius 3 is 2.33 bits per heavy atom. The Kier molecular flexibility index (Phi) is 5.64. The van der Waals surface area contributed by atoms with E-state index in [1.165, 1.54) is 5.56 Å². The van der Waals surface area contributed by atoms with Crippen LogP contribution in [0.4, 0.5) is 11.4 Å². The lowest BCUT2D eigenvalue weighted by molar-refractivity contribution is -0.121. The van der Waals surface area contributed by atoms with E-state index in [2.05, 4.69) is 29.3 Å². The minimum Gasteiger partial charge on any atom is -0.436 e. The van der Waals surface area contributed by atoms with E-state index in [-0.39, 0.29) is 11.8 Å². The zero-order chi connectivity index (χ0) is 24.6. The van der Waals surface area contributed by atoms with Gasteiger partial charge < -0.3 is 4.42 Å². The average Bonchev–Trinajstić information content (AvgIpc) is 3.66. The molecule has 0 radical (unpaired) electrons. The predicted octanol–water partition coefficient (Wildman–Crippen LogP) is 7.36. The first-order valence-corrected chi connectivity index (χ1v) is 12.5. The molecule has 6 heteroatoms. The number of anilines is 2. The van der Waals surface area contributed by atoms with Crippen molar-refractivity contribution in [2.45, 2.75) is 39.5 Å². The van der Waals surface area contributed by atoms with Crippen LogP contribution in [0.25, 0.3) is 33.8 Å². The summed E-state index contributed by atoms with van der Waals surface area (Å²) in [4.78, 5) is 20.2. The number of aromatic amines is 1. The number of aryl methyl sites for hydroxylation is 2. The molecule has 180 valence electrons. The van der Waals surface area contributed by atoms with Gasteiger partial charge in [-0.2, -0.15) is 5.10 Å². The number of H-pyrrole nitrogens is 1. The Bertz CT molecular complexity index is 1520. The molecule has 5 aromatic rings. The molecule has 1 fully saturated rings. The van der Waals surface area contributed by atoms with Crippen molar-refractivity contribution >= 4 is 28.4 Å². The van der Waals surface area contributed by atoms with Crippen LogP contribution in [-0.4, -0.2) is 21.1 Å². The van der Waals surface area contributed by atoms with Gasteiger partial charge in [0, 0.05) is 29.1 Å². The van der Waals surface area contributed by atoms with Gasteiger partial charge in [-0.3, -0.25) is 14.8 Å². The van der Waals surface area contributed by atoms with Crippen LogP contribution in [0.3, 0.4) is 0 Å². The number of aromatic nitrogens is 3. The number of carbonyl (C=O) groups is 1. The number of oxazole rings is 1. The van der Waals surface area contributed by atoms with Crippen LogP contribution in [0.1, 0.15) is 36.8 Å². The lowest BCUT2D eigenvalue weighted by Crippen LogP contribution is -2.31. The van der Waals surface area contributed by atoms with E-state index in [9.17, 15) is 4.79 Å². The van der Waals surface area contributed by atoms with E-state index in [1.54, 1.807) is 0 Å². The number of nitrogens with one attached hydrogen (secondary N) is 1. The summed E-state index contributed by atoms with van der Waals surface area (Å²) in [5.41, 5.74) is 8.09. The first-order chi connectivity index (χ1) is 17.6. The molecule has 0 spiro atoms. The third-order valence-electron chi connectivity index (χ3n) is 7.11. The number of hydrogen-bond acceptors (Lipinski definition) is 4. The second-order valence-corrected chi connectivity index (χ2v) is 9.63. The summed E-state index contributed by atoms with van der Waals surface area (Å²) >= 11 is 0. The van der Waals surface area contributed by atoms with Gasteiger partial charge in [-0.1, -0.05) is 54.8 Å². The minimum atomic E-state index is 0.0755. The zero-order valence-electron chi connectivity index (χ0n) is 20.5. The largest absolute Gasteiger partial charge is 0.436 e. The third kappa shape index (κ3) is 3.98. The van der Waals surface area contributed by atoms with Crippen LogP contribution in [0.15, 0.2) is 77.3 Å². The van der Waals surface area contributed by atoms with E-state index in [0.29, 0.717) is 5.89 Å². The number of nitrogens with zero attached hydrogens (tertiary/aromatic N) is 3. The lowest BCUT2D eigenvalue weighted by Gasteiger charge is -2.26. The molecule has 36 heavy (non-hydrogen) atoms. The Hall–Kier alpha value is -4.19. The minimum absolute atomic E-state index is 0.0755. The van der Waals surface area contributed by atoms with Crippen molar-refractivity contribution in [3.05, 3.63) is 84.1 Å². The molecular formula is C30H28N4O2. The van der Waals surface area contributed by atoms with Crippen molar-refractivity contribution in [1.29, 1.82) is 0 Å². The first kappa shape index (κ1) is 22.3. The molecule has 0 atom stereocenters. The summed E-state index contributed by atoms with van der Waals surface area (Å²) in [7, 11) is 0. The smallest absolute Gasteiger partial charge is 0.234 e. The molecule has 0 bridgehead atoms. The highest BCUT2D eigenvalue weighted by molar-refractivity contribution is 6.02. The normalized spacial score (nSPS) is 13.9. The fourth-order valence-corrected chi connectivity index (χ4v) is 5.10. The maximum Gasteiger partial charge on any atom is 0.234 e. The van der Waals surface area contributed by atoms with Gasteiger partial charge in [-0.15, -0.1) is 0 Å². The SMILES string of the molecule is Cc1ccc(N(C(=O)C2CCCC2)c2ccc(-c3n[nH]cc3-c3nc4c(C)cccc4o3)cc2)cc1. The first-order valence-electron chi connectivity index (χ1n) is 12.5. The highest BCUT2D eigenvalue weighted by atomic mass is 16.3. The van der Waals surface area contributed by atoms with Crippen molar-refractivity contribution < 1.29 is 9.21 Å². The molecule has 6 nitrogen and oxygen atoms in total. The monoisotopic (exact) mass is 476 g/mol. The van der Waals surface area contributed by atoms with E-state index >= 15 is 0 Å². The van der Waals surface area contributed by atoms with Crippen LogP contribution in [0.2, 0.25) is 0 Å². The topological polar surface area (TPSA) is 75.0 Å². The Labute approximate surface area is 210 Å². The molecule has 6 rings (SSSR count). The number of benzene rings is 3. The molecule has 1 saturated carbocycles. The van der Waals surface area contributed by atoms with Gasteiger partial charge in [0.1, 0.15) is 11.2 Å². The molecule has 1 N–H and O–H groups in total. The highest BCUT2D eigenvalue weighted by Crippen LogP contribution is 2.36. The van der Waals surface area contributed by atoms with Crippen LogP contribution in [0.5, 0.6) is 0 Å². The summed E-state index contributed by atoms with van der Waals surface area (Å²) in [6.45, 7) is 4.08. The molecule has 2 heterocycles. The van der Waals surface area contributed by atoms with Crippen molar-refractivity contribution in [2.75, 3.05) is 4.90 Å². The van der Waals surface area contributed by atoms with Crippen LogP contribution < -0.4 is 4.90 Å². The van der Waals surface area contributed by atoms with Crippen LogP contribution in [-0.2, 0) is 4.79 Å². The van der Waals surface area contributed by atoms with Crippen molar-refractivity contribution in [1.82, 2.24) is 15.2 Å². The molecule has 2 aromatic heterocycles. The van der Waals surface area contributed by atoms with Crippen LogP contribution >= 0.6 is 0 Å². The number of amides is 1. The van der Waals surface area contributed by atoms with Crippen LogP contribution in [0, 0.1) is 19.8 Å². The molecule has 1 amide bonds. The highest BCUT2D eigenvalue weighted by Gasteiger charge is 2.29. The van der Waals surface area contributed by atoms with E-state index in [1.807, 2.05) is 72.6 Å². The van der Waals surface area contributed by atoms with Gasteiger partial charge in [-0.25, -0.2) is 4.98 Å². The molecule has 0 saturated heterocycles. The number of hydrogen-bond donors (Lipinski definition) is 1. The number of para-hydroxylation sites is 1. The number of carbonyl (C=O) groups excluding carboxylic acids is 1. The molecule has 3 aromatic carbocycles. The fraction of sp³-hybridized carbons (Fsp3) is 0.233. The quantitative estimate of drug-likeness (QED) is 0.288. The predicted molar refractivity (Wildman–Crippen MR) is 142 cm³/mol. The number of fused-ring (bicyclic) bond motifs is 1. The van der Waals surface area contributed by atoms with Crippen molar-refractivity contribution in [3.63, 3.8) is 0 Å². The second-order valence-electron chi connectivity index (χ2n) is 9.63. The fourth-order valence-electron chi connectivity index (χ4n) is 5.10. The van der Waals surface area contributed by atoms with Gasteiger partial charge in [0.05, 0.1) is 5.56 Å². The summed E-state index contributed by atoms with van der Waals surface area (Å²) < 4.78 is 6.05. The lowest BCUT2D eigenvalue weighted by atomic mass is 10.0. The third-order valence-corrected chi connectivity index (χ3v) is 7.11. The Balaban J connectivity index is 1.36. The van der Waals surface area contributed by atoms with Gasteiger partial charge in [-0.05, 0) is 62.6 Å². The zero-order valence-corrected chi connectivity index (χ0v) is 20.5. The van der Waals surface area contributed by atoms with Crippen molar-refractivity contribution in [3.8, 4) is 22.7 Å². The average molecular weight is 477 g/mol. The van der Waals surface area contributed by atoms with Crippen molar-refractivity contribution in [2.24, 2.45) is 5.92 Å². The molecular weight excluding hydrogens is 448 g/mol. The van der Waals surface area contributed by atoms with Gasteiger partial charge >= 0.3 is 0 Å². The maximum atomic E-state index is 13.6. The second kappa shape index (κ2) is 9.11. The maximum absolute atomic E-state index is 13.6. The molecule has 1 aliphatic rings. The summed E-state index contributed by atoms with van der Waals surface area (Å²) in [5, 5.41) is 7.45. The Morgan fingerprint density at radius 1 is 0.944 bits per heavy atom. The summed E-state index contributed by atoms with van der Waals surface area (Å²) in [5.74, 6) is 0.780. The van der Waals surface area contributed by atoms with E-state index in [4.69, 9.17) is 9.40 Å². The van der Waals surface area contributed by atoms with E-state index in [0.717, 1.165) is 70.5 Å². The summed E-state index contributed by atoms with van der Waals surface area (Å²) in [6.07, 6.45) is 5.97. The van der Waals surface area contributed by atoms with Gasteiger partial charge in [0.2, 0.25) is 11.8 Å². The molecule has 1 aliphatic carbocycles. The molecule has 0 unspecified atom stereocenters. The summed E-state index contributed by atoms with van der Waals surface area (Å²) in [6, 6.07) is 22.1. The Morgan fingerprint density at radius 2 is 1.64 bits per heavy atom. The van der Waals surface area contributed by atoms with E-state index < -0.39 is 0 Å². The standard InChI is InChI=1S/C30H28N4O2/c1-19-10-14-23(15-11-19)34(30(35)22-7-3-4-8-22)24-16-12-21(13-17-24)28-25(18-31-33-28)29-32-27-20(2)6-5-9-26(27)36-29/h5-6,9-18,22H,3-4,7-8H2,1-2H3,(H,31,33). The van der Waals surface area contributed by atoms with Gasteiger partial charge in [0.25, 0.3) is 0 Å².